The van der Waals surface area contributed by atoms with Crippen molar-refractivity contribution in [3.63, 3.8) is 0 Å². The lowest BCUT2D eigenvalue weighted by atomic mass is 10.0. The monoisotopic (exact) mass is 318 g/mol. The van der Waals surface area contributed by atoms with Crippen molar-refractivity contribution in [2.75, 3.05) is 38.2 Å². The van der Waals surface area contributed by atoms with E-state index in [0.29, 0.717) is 44.2 Å². The van der Waals surface area contributed by atoms with Gasteiger partial charge in [-0.25, -0.2) is 0 Å². The average molecular weight is 318 g/mol. The van der Waals surface area contributed by atoms with Gasteiger partial charge in [-0.2, -0.15) is 0 Å². The molecule has 2 amide bonds. The Balaban J connectivity index is 1.74. The zero-order chi connectivity index (χ0) is 16.2. The van der Waals surface area contributed by atoms with Crippen molar-refractivity contribution in [2.24, 2.45) is 0 Å². The Bertz CT molecular complexity index is 590. The van der Waals surface area contributed by atoms with Crippen molar-refractivity contribution in [2.45, 2.75) is 25.9 Å². The van der Waals surface area contributed by atoms with Gasteiger partial charge in [0.1, 0.15) is 6.10 Å². The van der Waals surface area contributed by atoms with Gasteiger partial charge in [-0.1, -0.05) is 6.07 Å². The fraction of sp³-hybridized carbons (Fsp3) is 0.529. The summed E-state index contributed by atoms with van der Waals surface area (Å²) in [7, 11) is 0. The van der Waals surface area contributed by atoms with Crippen LogP contribution in [0.4, 0.5) is 5.69 Å². The highest BCUT2D eigenvalue weighted by molar-refractivity contribution is 6.00. The first-order valence-corrected chi connectivity index (χ1v) is 8.06. The number of morpholine rings is 1. The van der Waals surface area contributed by atoms with Gasteiger partial charge in [-0.15, -0.1) is 0 Å². The summed E-state index contributed by atoms with van der Waals surface area (Å²) in [5, 5.41) is 2.89. The minimum Gasteiger partial charge on any atom is -0.378 e. The van der Waals surface area contributed by atoms with Crippen LogP contribution in [0, 0.1) is 6.92 Å². The average Bonchev–Trinajstić information content (AvgIpc) is 3.11. The Morgan fingerprint density at radius 1 is 1.22 bits per heavy atom. The van der Waals surface area contributed by atoms with E-state index in [-0.39, 0.29) is 17.9 Å². The second-order valence-corrected chi connectivity index (χ2v) is 5.87. The quantitative estimate of drug-likeness (QED) is 0.919. The predicted molar refractivity (Wildman–Crippen MR) is 85.5 cm³/mol. The van der Waals surface area contributed by atoms with E-state index >= 15 is 0 Å². The lowest BCUT2D eigenvalue weighted by molar-refractivity contribution is -0.124. The Labute approximate surface area is 135 Å². The second-order valence-electron chi connectivity index (χ2n) is 5.87. The highest BCUT2D eigenvalue weighted by atomic mass is 16.5. The van der Waals surface area contributed by atoms with Crippen LogP contribution < -0.4 is 5.32 Å². The normalized spacial score (nSPS) is 21.3. The molecule has 2 saturated heterocycles. The van der Waals surface area contributed by atoms with Gasteiger partial charge in [0.15, 0.2) is 0 Å². The maximum absolute atomic E-state index is 12.6. The van der Waals surface area contributed by atoms with Gasteiger partial charge in [-0.05, 0) is 37.5 Å². The van der Waals surface area contributed by atoms with Crippen molar-refractivity contribution in [3.8, 4) is 0 Å². The number of nitrogens with one attached hydrogen (secondary N) is 1. The summed E-state index contributed by atoms with van der Waals surface area (Å²) in [6, 6.07) is 5.42. The van der Waals surface area contributed by atoms with Crippen molar-refractivity contribution in [3.05, 3.63) is 29.3 Å². The zero-order valence-corrected chi connectivity index (χ0v) is 13.3. The highest BCUT2D eigenvalue weighted by Crippen LogP contribution is 2.22. The molecule has 124 valence electrons. The molecule has 23 heavy (non-hydrogen) atoms. The first-order chi connectivity index (χ1) is 11.2. The van der Waals surface area contributed by atoms with E-state index in [1.165, 1.54) is 0 Å². The summed E-state index contributed by atoms with van der Waals surface area (Å²) in [4.78, 5) is 26.6. The molecule has 2 heterocycles. The first kappa shape index (κ1) is 16.0. The number of rotatable bonds is 3. The third-order valence-corrected chi connectivity index (χ3v) is 4.34. The minimum absolute atomic E-state index is 0.0148. The van der Waals surface area contributed by atoms with Crippen molar-refractivity contribution in [1.29, 1.82) is 0 Å². The van der Waals surface area contributed by atoms with E-state index < -0.39 is 0 Å². The summed E-state index contributed by atoms with van der Waals surface area (Å²) >= 11 is 0. The molecule has 3 rings (SSSR count). The molecule has 2 aliphatic heterocycles. The van der Waals surface area contributed by atoms with Crippen LogP contribution in [0.25, 0.3) is 0 Å². The Kier molecular flexibility index (Phi) is 4.93. The number of amides is 2. The molecule has 2 aliphatic rings. The SMILES string of the molecule is Cc1c(NC(=O)[C@H]2CCCO2)cccc1C(=O)N1CCOCC1. The van der Waals surface area contributed by atoms with E-state index in [4.69, 9.17) is 9.47 Å². The van der Waals surface area contributed by atoms with E-state index in [0.717, 1.165) is 18.4 Å². The molecule has 0 radical (unpaired) electrons. The molecule has 6 heteroatoms. The third-order valence-electron chi connectivity index (χ3n) is 4.34. The van der Waals surface area contributed by atoms with Crippen molar-refractivity contribution >= 4 is 17.5 Å². The van der Waals surface area contributed by atoms with Crippen LogP contribution in [0.3, 0.4) is 0 Å². The van der Waals surface area contributed by atoms with Crippen LogP contribution >= 0.6 is 0 Å². The Morgan fingerprint density at radius 3 is 2.70 bits per heavy atom. The fourth-order valence-corrected chi connectivity index (χ4v) is 2.94. The largest absolute Gasteiger partial charge is 0.378 e. The van der Waals surface area contributed by atoms with Crippen LogP contribution in [-0.4, -0.2) is 55.7 Å². The van der Waals surface area contributed by atoms with Crippen LogP contribution in [-0.2, 0) is 14.3 Å². The number of nitrogens with zero attached hydrogens (tertiary/aromatic N) is 1. The van der Waals surface area contributed by atoms with Crippen LogP contribution in [0.5, 0.6) is 0 Å². The lowest BCUT2D eigenvalue weighted by Gasteiger charge is -2.27. The molecule has 0 saturated carbocycles. The predicted octanol–water partition coefficient (Wildman–Crippen LogP) is 1.58. The summed E-state index contributed by atoms with van der Waals surface area (Å²) in [6.45, 7) is 4.83. The maximum atomic E-state index is 12.6. The van der Waals surface area contributed by atoms with Gasteiger partial charge in [0.2, 0.25) is 0 Å². The van der Waals surface area contributed by atoms with Gasteiger partial charge in [0.25, 0.3) is 11.8 Å². The molecule has 2 fully saturated rings. The summed E-state index contributed by atoms with van der Waals surface area (Å²) < 4.78 is 10.7. The number of hydrogen-bond donors (Lipinski definition) is 1. The van der Waals surface area contributed by atoms with Crippen LogP contribution in [0.1, 0.15) is 28.8 Å². The number of carbonyl (C=O) groups is 2. The molecule has 0 aromatic heterocycles. The number of ether oxygens (including phenoxy) is 2. The molecule has 0 aliphatic carbocycles. The Morgan fingerprint density at radius 2 is 2.00 bits per heavy atom. The molecule has 6 nitrogen and oxygen atoms in total. The fourth-order valence-electron chi connectivity index (χ4n) is 2.94. The summed E-state index contributed by atoms with van der Waals surface area (Å²) in [5.41, 5.74) is 2.08. The molecular formula is C17H22N2O4. The Hall–Kier alpha value is -1.92. The van der Waals surface area contributed by atoms with Crippen LogP contribution in [0.2, 0.25) is 0 Å². The summed E-state index contributed by atoms with van der Waals surface area (Å²) in [5.74, 6) is -0.152. The van der Waals surface area contributed by atoms with Gasteiger partial charge in [-0.3, -0.25) is 9.59 Å². The first-order valence-electron chi connectivity index (χ1n) is 8.06. The molecule has 1 aromatic carbocycles. The topological polar surface area (TPSA) is 67.9 Å². The molecule has 0 bridgehead atoms. The van der Waals surface area contributed by atoms with Gasteiger partial charge in [0.05, 0.1) is 13.2 Å². The lowest BCUT2D eigenvalue weighted by Crippen LogP contribution is -2.41. The second kappa shape index (κ2) is 7.10. The maximum Gasteiger partial charge on any atom is 0.254 e. The molecule has 0 spiro atoms. The van der Waals surface area contributed by atoms with Gasteiger partial charge in [0, 0.05) is 30.9 Å². The number of benzene rings is 1. The zero-order valence-electron chi connectivity index (χ0n) is 13.3. The number of carbonyl (C=O) groups excluding carboxylic acids is 2. The smallest absolute Gasteiger partial charge is 0.254 e. The number of hydrogen-bond acceptors (Lipinski definition) is 4. The van der Waals surface area contributed by atoms with E-state index in [9.17, 15) is 9.59 Å². The molecule has 1 N–H and O–H groups in total. The molecule has 0 unspecified atom stereocenters. The van der Waals surface area contributed by atoms with E-state index in [2.05, 4.69) is 5.32 Å². The van der Waals surface area contributed by atoms with E-state index in [1.54, 1.807) is 17.0 Å². The molecular weight excluding hydrogens is 296 g/mol. The van der Waals surface area contributed by atoms with Crippen LogP contribution in [0.15, 0.2) is 18.2 Å². The molecule has 1 atom stereocenters. The van der Waals surface area contributed by atoms with Gasteiger partial charge >= 0.3 is 0 Å². The third kappa shape index (κ3) is 3.54. The van der Waals surface area contributed by atoms with Crippen molar-refractivity contribution < 1.29 is 19.1 Å². The summed E-state index contributed by atoms with van der Waals surface area (Å²) in [6.07, 6.45) is 1.28. The molecule has 1 aromatic rings. The minimum atomic E-state index is -0.381. The number of anilines is 1. The van der Waals surface area contributed by atoms with E-state index in [1.807, 2.05) is 13.0 Å². The van der Waals surface area contributed by atoms with Gasteiger partial charge < -0.3 is 19.7 Å². The van der Waals surface area contributed by atoms with Crippen molar-refractivity contribution in [1.82, 2.24) is 4.90 Å². The highest BCUT2D eigenvalue weighted by Gasteiger charge is 2.25. The standard InChI is InChI=1S/C17H22N2O4/c1-12-13(17(21)19-7-10-22-11-8-19)4-2-5-14(12)18-16(20)15-6-3-9-23-15/h2,4-5,15H,3,6-11H2,1H3,(H,18,20)/t15-/m1/s1.